The van der Waals surface area contributed by atoms with Crippen molar-refractivity contribution in [2.45, 2.75) is 39.2 Å². The van der Waals surface area contributed by atoms with Crippen LogP contribution in [0, 0.1) is 11.3 Å². The van der Waals surface area contributed by atoms with Crippen molar-refractivity contribution in [2.75, 3.05) is 13.1 Å². The molecule has 1 aliphatic heterocycles. The Morgan fingerprint density at radius 3 is 2.79 bits per heavy atom. The van der Waals surface area contributed by atoms with E-state index < -0.39 is 11.4 Å². The van der Waals surface area contributed by atoms with E-state index in [1.807, 2.05) is 13.8 Å². The molecule has 1 N–H and O–H groups in total. The molecule has 3 rings (SSSR count). The van der Waals surface area contributed by atoms with Crippen molar-refractivity contribution in [1.29, 1.82) is 0 Å². The number of likely N-dealkylation sites (tertiary alicyclic amines) is 1. The van der Waals surface area contributed by atoms with Crippen molar-refractivity contribution in [2.24, 2.45) is 11.3 Å². The van der Waals surface area contributed by atoms with E-state index in [9.17, 15) is 14.7 Å². The molecule has 1 aromatic carbocycles. The number of carbonyl (C=O) groups is 2. The van der Waals surface area contributed by atoms with Gasteiger partial charge in [0, 0.05) is 18.1 Å². The number of hydrogen-bond donors (Lipinski definition) is 1. The van der Waals surface area contributed by atoms with Gasteiger partial charge in [0.1, 0.15) is 5.75 Å². The summed E-state index contributed by atoms with van der Waals surface area (Å²) in [4.78, 5) is 26.4. The maximum absolute atomic E-state index is 13.0. The van der Waals surface area contributed by atoms with E-state index >= 15 is 0 Å². The maximum Gasteiger partial charge on any atom is 0.311 e. The maximum atomic E-state index is 13.0. The van der Waals surface area contributed by atoms with E-state index in [-0.39, 0.29) is 24.5 Å². The van der Waals surface area contributed by atoms with E-state index in [0.717, 1.165) is 12.8 Å². The first-order valence-electron chi connectivity index (χ1n) is 8.32. The minimum absolute atomic E-state index is 0.0348. The van der Waals surface area contributed by atoms with Gasteiger partial charge < -0.3 is 14.7 Å². The minimum atomic E-state index is -0.787. The lowest BCUT2D eigenvalue weighted by Crippen LogP contribution is -2.37. The quantitative estimate of drug-likeness (QED) is 0.902. The van der Waals surface area contributed by atoms with Crippen molar-refractivity contribution in [3.05, 3.63) is 28.8 Å². The molecule has 1 saturated heterocycles. The predicted octanol–water partition coefficient (Wildman–Crippen LogP) is 3.45. The SMILES string of the molecule is CC(C)Oc1ccc(Cl)cc1C(=O)N1C[C@@H]2CCC[C@@]2(C(=O)O)C1. The molecule has 1 aromatic rings. The van der Waals surface area contributed by atoms with Crippen LogP contribution in [-0.2, 0) is 4.79 Å². The van der Waals surface area contributed by atoms with Gasteiger partial charge in [-0.2, -0.15) is 0 Å². The summed E-state index contributed by atoms with van der Waals surface area (Å²) in [6.07, 6.45) is 2.35. The second-order valence-corrected chi connectivity index (χ2v) is 7.48. The molecule has 24 heavy (non-hydrogen) atoms. The Hall–Kier alpha value is -1.75. The number of aliphatic carboxylic acids is 1. The van der Waals surface area contributed by atoms with Gasteiger partial charge in [-0.15, -0.1) is 0 Å². The smallest absolute Gasteiger partial charge is 0.311 e. The Kier molecular flexibility index (Phi) is 4.47. The zero-order valence-electron chi connectivity index (χ0n) is 13.9. The van der Waals surface area contributed by atoms with Gasteiger partial charge in [-0.05, 0) is 50.8 Å². The van der Waals surface area contributed by atoms with Crippen LogP contribution in [0.1, 0.15) is 43.5 Å². The molecule has 2 atom stereocenters. The number of hydrogen-bond acceptors (Lipinski definition) is 3. The predicted molar refractivity (Wildman–Crippen MR) is 90.5 cm³/mol. The van der Waals surface area contributed by atoms with Gasteiger partial charge in [-0.1, -0.05) is 18.0 Å². The average Bonchev–Trinajstić information content (AvgIpc) is 3.06. The standard InChI is InChI=1S/C18H22ClNO4/c1-11(2)24-15-6-5-13(19)8-14(15)16(21)20-9-12-4-3-7-18(12,10-20)17(22)23/h5-6,8,11-12H,3-4,7,9-10H2,1-2H3,(H,22,23)/t12-,18+/m0/s1. The van der Waals surface area contributed by atoms with Crippen molar-refractivity contribution in [3.8, 4) is 5.75 Å². The van der Waals surface area contributed by atoms with Gasteiger partial charge in [0.2, 0.25) is 0 Å². The number of ether oxygens (including phenoxy) is 1. The Morgan fingerprint density at radius 1 is 1.42 bits per heavy atom. The van der Waals surface area contributed by atoms with E-state index in [1.54, 1.807) is 23.1 Å². The van der Waals surface area contributed by atoms with Gasteiger partial charge in [-0.3, -0.25) is 9.59 Å². The molecule has 2 aliphatic rings. The Morgan fingerprint density at radius 2 is 2.17 bits per heavy atom. The highest BCUT2D eigenvalue weighted by Gasteiger charge is 2.55. The van der Waals surface area contributed by atoms with Crippen LogP contribution in [0.4, 0.5) is 0 Å². The number of carboxylic acids is 1. The molecule has 130 valence electrons. The van der Waals surface area contributed by atoms with Gasteiger partial charge in [0.05, 0.1) is 17.1 Å². The summed E-state index contributed by atoms with van der Waals surface area (Å²) >= 11 is 6.06. The zero-order chi connectivity index (χ0) is 17.5. The number of amides is 1. The third-order valence-electron chi connectivity index (χ3n) is 5.12. The number of halogens is 1. The van der Waals surface area contributed by atoms with Crippen LogP contribution in [0.15, 0.2) is 18.2 Å². The van der Waals surface area contributed by atoms with Crippen LogP contribution in [0.3, 0.4) is 0 Å². The first-order valence-corrected chi connectivity index (χ1v) is 8.70. The van der Waals surface area contributed by atoms with E-state index in [0.29, 0.717) is 29.3 Å². The number of carbonyl (C=O) groups excluding carboxylic acids is 1. The molecule has 0 radical (unpaired) electrons. The van der Waals surface area contributed by atoms with Crippen LogP contribution in [0.2, 0.25) is 5.02 Å². The highest BCUT2D eigenvalue weighted by Crippen LogP contribution is 2.49. The third-order valence-corrected chi connectivity index (χ3v) is 5.35. The van der Waals surface area contributed by atoms with Gasteiger partial charge in [0.25, 0.3) is 5.91 Å². The second-order valence-electron chi connectivity index (χ2n) is 7.04. The van der Waals surface area contributed by atoms with Crippen LogP contribution in [0.5, 0.6) is 5.75 Å². The molecule has 2 fully saturated rings. The molecule has 0 bridgehead atoms. The number of nitrogens with zero attached hydrogens (tertiary/aromatic N) is 1. The van der Waals surface area contributed by atoms with Crippen molar-refractivity contribution in [1.82, 2.24) is 4.90 Å². The van der Waals surface area contributed by atoms with Crippen LogP contribution in [0.25, 0.3) is 0 Å². The van der Waals surface area contributed by atoms with E-state index in [2.05, 4.69) is 0 Å². The fourth-order valence-corrected chi connectivity index (χ4v) is 4.16. The molecule has 0 aromatic heterocycles. The highest BCUT2D eigenvalue weighted by molar-refractivity contribution is 6.31. The summed E-state index contributed by atoms with van der Waals surface area (Å²) < 4.78 is 5.73. The Balaban J connectivity index is 1.88. The molecule has 1 amide bonds. The average molecular weight is 352 g/mol. The van der Waals surface area contributed by atoms with E-state index in [1.165, 1.54) is 0 Å². The van der Waals surface area contributed by atoms with Crippen molar-refractivity contribution >= 4 is 23.5 Å². The summed E-state index contributed by atoms with van der Waals surface area (Å²) in [6, 6.07) is 4.98. The zero-order valence-corrected chi connectivity index (χ0v) is 14.7. The first kappa shape index (κ1) is 17.1. The lowest BCUT2D eigenvalue weighted by atomic mass is 9.81. The fraction of sp³-hybridized carbons (Fsp3) is 0.556. The van der Waals surface area contributed by atoms with Crippen LogP contribution in [-0.4, -0.2) is 41.1 Å². The number of carboxylic acid groups (broad SMARTS) is 1. The molecular formula is C18H22ClNO4. The lowest BCUT2D eigenvalue weighted by molar-refractivity contribution is -0.149. The topological polar surface area (TPSA) is 66.8 Å². The summed E-state index contributed by atoms with van der Waals surface area (Å²) in [7, 11) is 0. The largest absolute Gasteiger partial charge is 0.490 e. The number of benzene rings is 1. The van der Waals surface area contributed by atoms with Gasteiger partial charge >= 0.3 is 5.97 Å². The molecular weight excluding hydrogens is 330 g/mol. The van der Waals surface area contributed by atoms with Crippen LogP contribution >= 0.6 is 11.6 Å². The van der Waals surface area contributed by atoms with Crippen LogP contribution < -0.4 is 4.74 Å². The normalized spacial score (nSPS) is 25.8. The Bertz CT molecular complexity index is 675. The highest BCUT2D eigenvalue weighted by atomic mass is 35.5. The third kappa shape index (κ3) is 2.86. The lowest BCUT2D eigenvalue weighted by Gasteiger charge is -2.24. The molecule has 0 spiro atoms. The molecule has 0 unspecified atom stereocenters. The molecule has 6 heteroatoms. The number of rotatable bonds is 4. The van der Waals surface area contributed by atoms with Gasteiger partial charge in [-0.25, -0.2) is 0 Å². The molecule has 1 saturated carbocycles. The van der Waals surface area contributed by atoms with Crippen molar-refractivity contribution < 1.29 is 19.4 Å². The number of fused-ring (bicyclic) bond motifs is 1. The fourth-order valence-electron chi connectivity index (χ4n) is 3.99. The monoisotopic (exact) mass is 351 g/mol. The van der Waals surface area contributed by atoms with Gasteiger partial charge in [0.15, 0.2) is 0 Å². The Labute approximate surface area is 146 Å². The summed E-state index contributed by atoms with van der Waals surface area (Å²) in [5.74, 6) is -0.471. The molecule has 5 nitrogen and oxygen atoms in total. The first-order chi connectivity index (χ1) is 11.3. The summed E-state index contributed by atoms with van der Waals surface area (Å²) in [5.41, 5.74) is -0.385. The molecule has 1 heterocycles. The summed E-state index contributed by atoms with van der Waals surface area (Å²) in [6.45, 7) is 4.53. The van der Waals surface area contributed by atoms with E-state index in [4.69, 9.17) is 16.3 Å². The van der Waals surface area contributed by atoms with Crippen molar-refractivity contribution in [3.63, 3.8) is 0 Å². The second kappa shape index (κ2) is 6.28. The minimum Gasteiger partial charge on any atom is -0.490 e. The summed E-state index contributed by atoms with van der Waals surface area (Å²) in [5, 5.41) is 10.1. The molecule has 1 aliphatic carbocycles.